The Morgan fingerprint density at radius 3 is 3.04 bits per heavy atom. The van der Waals surface area contributed by atoms with Gasteiger partial charge in [-0.1, -0.05) is 16.6 Å². The second-order valence-corrected chi connectivity index (χ2v) is 6.15. The number of hydrogen-bond acceptors (Lipinski definition) is 7. The van der Waals surface area contributed by atoms with Gasteiger partial charge >= 0.3 is 0 Å². The number of nitro benzene ring substituents is 1. The maximum absolute atomic E-state index is 11.4. The lowest BCUT2D eigenvalue weighted by atomic mass is 9.97. The zero-order chi connectivity index (χ0) is 16.4. The highest BCUT2D eigenvalue weighted by Crippen LogP contribution is 2.35. The summed E-state index contributed by atoms with van der Waals surface area (Å²) in [5, 5.41) is 15.9. The first kappa shape index (κ1) is 15.3. The Balaban J connectivity index is 1.92. The van der Waals surface area contributed by atoms with Crippen molar-refractivity contribution in [2.45, 2.75) is 12.8 Å². The normalized spacial score (nSPS) is 17.9. The lowest BCUT2D eigenvalue weighted by Gasteiger charge is -2.31. The van der Waals surface area contributed by atoms with Crippen LogP contribution in [0.1, 0.15) is 12.8 Å². The van der Waals surface area contributed by atoms with E-state index in [2.05, 4.69) is 9.59 Å². The Bertz CT molecular complexity index is 748. The van der Waals surface area contributed by atoms with Crippen molar-refractivity contribution in [2.24, 2.45) is 11.7 Å². The monoisotopic (exact) mass is 333 g/mol. The van der Waals surface area contributed by atoms with E-state index < -0.39 is 4.92 Å². The molecule has 0 spiro atoms. The number of nitrogens with two attached hydrogens (primary N) is 1. The molecule has 1 saturated heterocycles. The van der Waals surface area contributed by atoms with Crippen LogP contribution >= 0.6 is 11.5 Å². The molecule has 1 aliphatic heterocycles. The van der Waals surface area contributed by atoms with Crippen molar-refractivity contribution < 1.29 is 9.72 Å². The average Bonchev–Trinajstić information content (AvgIpc) is 3.04. The fraction of sp³-hybridized carbons (Fsp3) is 0.357. The van der Waals surface area contributed by atoms with Crippen molar-refractivity contribution in [3.63, 3.8) is 0 Å². The molecule has 0 saturated carbocycles. The Kier molecular flexibility index (Phi) is 4.20. The number of nitro groups is 1. The lowest BCUT2D eigenvalue weighted by Crippen LogP contribution is -2.41. The summed E-state index contributed by atoms with van der Waals surface area (Å²) in [6, 6.07) is 6.31. The molecule has 2 N–H and O–H groups in total. The van der Waals surface area contributed by atoms with Gasteiger partial charge in [-0.05, 0) is 12.8 Å². The van der Waals surface area contributed by atoms with Crippen molar-refractivity contribution in [2.75, 3.05) is 18.0 Å². The molecule has 120 valence electrons. The van der Waals surface area contributed by atoms with E-state index >= 15 is 0 Å². The number of rotatable bonds is 4. The van der Waals surface area contributed by atoms with Crippen LogP contribution in [0.5, 0.6) is 0 Å². The molecule has 8 nitrogen and oxygen atoms in total. The minimum absolute atomic E-state index is 0.00936. The van der Waals surface area contributed by atoms with Gasteiger partial charge in [0.05, 0.1) is 10.8 Å². The number of benzene rings is 1. The summed E-state index contributed by atoms with van der Waals surface area (Å²) < 4.78 is 3.98. The molecule has 0 radical (unpaired) electrons. The first-order valence-electron chi connectivity index (χ1n) is 7.17. The molecule has 23 heavy (non-hydrogen) atoms. The van der Waals surface area contributed by atoms with Crippen LogP contribution < -0.4 is 10.6 Å². The number of carbonyl (C=O) groups excluding carboxylic acids is 1. The van der Waals surface area contributed by atoms with Crippen molar-refractivity contribution in [3.8, 4) is 11.3 Å². The molecule has 1 unspecified atom stereocenters. The lowest BCUT2D eigenvalue weighted by molar-refractivity contribution is -0.384. The van der Waals surface area contributed by atoms with Crippen LogP contribution in [0.2, 0.25) is 0 Å². The third-order valence-electron chi connectivity index (χ3n) is 3.91. The second-order valence-electron chi connectivity index (χ2n) is 5.42. The van der Waals surface area contributed by atoms with E-state index in [0.717, 1.165) is 24.4 Å². The van der Waals surface area contributed by atoms with E-state index in [1.54, 1.807) is 12.1 Å². The summed E-state index contributed by atoms with van der Waals surface area (Å²) in [6.45, 7) is 1.32. The van der Waals surface area contributed by atoms with Crippen LogP contribution in [-0.4, -0.2) is 33.5 Å². The molecule has 9 heteroatoms. The number of anilines is 1. The van der Waals surface area contributed by atoms with Gasteiger partial charge in [-0.3, -0.25) is 14.9 Å². The number of piperidine rings is 1. The number of primary amides is 1. The summed E-state index contributed by atoms with van der Waals surface area (Å²) in [5.74, 6) is -0.493. The van der Waals surface area contributed by atoms with Crippen molar-refractivity contribution in [1.29, 1.82) is 0 Å². The molecule has 0 bridgehead atoms. The van der Waals surface area contributed by atoms with Crippen LogP contribution in [0.15, 0.2) is 24.3 Å². The SMILES string of the molecule is NC(=O)C1CCCN(c2snnc2-c2cccc([N+](=O)[O-])c2)C1. The van der Waals surface area contributed by atoms with Gasteiger partial charge in [0.15, 0.2) is 0 Å². The predicted molar refractivity (Wildman–Crippen MR) is 86.1 cm³/mol. The molecule has 0 aliphatic carbocycles. The Labute approximate surface area is 136 Å². The Hall–Kier alpha value is -2.55. The van der Waals surface area contributed by atoms with Crippen LogP contribution in [0.3, 0.4) is 0 Å². The maximum Gasteiger partial charge on any atom is 0.270 e. The van der Waals surface area contributed by atoms with Gasteiger partial charge in [0.25, 0.3) is 5.69 Å². The van der Waals surface area contributed by atoms with Crippen LogP contribution in [-0.2, 0) is 4.79 Å². The van der Waals surface area contributed by atoms with E-state index in [4.69, 9.17) is 5.73 Å². The highest BCUT2D eigenvalue weighted by atomic mass is 32.1. The average molecular weight is 333 g/mol. The third-order valence-corrected chi connectivity index (χ3v) is 4.70. The minimum atomic E-state index is -0.438. The standard InChI is InChI=1S/C14H15N5O3S/c15-13(20)10-4-2-6-18(8-10)14-12(16-17-23-14)9-3-1-5-11(7-9)19(21)22/h1,3,5,7,10H,2,4,6,8H2,(H2,15,20). The van der Waals surface area contributed by atoms with Gasteiger partial charge in [0.2, 0.25) is 5.91 Å². The largest absolute Gasteiger partial charge is 0.369 e. The third kappa shape index (κ3) is 3.14. The minimum Gasteiger partial charge on any atom is -0.369 e. The van der Waals surface area contributed by atoms with Gasteiger partial charge in [0, 0.05) is 42.3 Å². The summed E-state index contributed by atoms with van der Waals surface area (Å²) in [5.41, 5.74) is 6.67. The molecular formula is C14H15N5O3S. The van der Waals surface area contributed by atoms with Crippen LogP contribution in [0, 0.1) is 16.0 Å². The summed E-state index contributed by atoms with van der Waals surface area (Å²) in [7, 11) is 0. The maximum atomic E-state index is 11.4. The zero-order valence-electron chi connectivity index (χ0n) is 12.2. The zero-order valence-corrected chi connectivity index (χ0v) is 13.0. The fourth-order valence-electron chi connectivity index (χ4n) is 2.74. The first-order valence-corrected chi connectivity index (χ1v) is 7.95. The van der Waals surface area contributed by atoms with Crippen LogP contribution in [0.4, 0.5) is 10.7 Å². The summed E-state index contributed by atoms with van der Waals surface area (Å²) >= 11 is 1.22. The summed E-state index contributed by atoms with van der Waals surface area (Å²) in [6.07, 6.45) is 1.64. The molecule has 1 fully saturated rings. The molecule has 1 aliphatic rings. The molecule has 2 heterocycles. The first-order chi connectivity index (χ1) is 11.1. The van der Waals surface area contributed by atoms with E-state index in [0.29, 0.717) is 17.8 Å². The van der Waals surface area contributed by atoms with Crippen LogP contribution in [0.25, 0.3) is 11.3 Å². The van der Waals surface area contributed by atoms with Gasteiger partial charge in [0.1, 0.15) is 10.7 Å². The summed E-state index contributed by atoms with van der Waals surface area (Å²) in [4.78, 5) is 24.0. The van der Waals surface area contributed by atoms with Crippen molar-refractivity contribution >= 4 is 28.1 Å². The quantitative estimate of drug-likeness (QED) is 0.674. The van der Waals surface area contributed by atoms with Crippen molar-refractivity contribution in [3.05, 3.63) is 34.4 Å². The number of carbonyl (C=O) groups is 1. The molecule has 1 aromatic carbocycles. The number of nitrogens with zero attached hydrogens (tertiary/aromatic N) is 4. The number of non-ortho nitro benzene ring substituents is 1. The van der Waals surface area contributed by atoms with Gasteiger partial charge in [-0.2, -0.15) is 0 Å². The molecule has 3 rings (SSSR count). The molecule has 1 atom stereocenters. The van der Waals surface area contributed by atoms with Gasteiger partial charge < -0.3 is 10.6 Å². The number of aromatic nitrogens is 2. The Morgan fingerprint density at radius 1 is 1.48 bits per heavy atom. The highest BCUT2D eigenvalue weighted by Gasteiger charge is 2.27. The predicted octanol–water partition coefficient (Wildman–Crippen LogP) is 1.81. The molecular weight excluding hydrogens is 318 g/mol. The highest BCUT2D eigenvalue weighted by molar-refractivity contribution is 7.10. The van der Waals surface area contributed by atoms with E-state index in [1.807, 2.05) is 4.90 Å². The van der Waals surface area contributed by atoms with Crippen molar-refractivity contribution in [1.82, 2.24) is 9.59 Å². The molecule has 1 aromatic heterocycles. The van der Waals surface area contributed by atoms with E-state index in [-0.39, 0.29) is 17.5 Å². The number of amides is 1. The second kappa shape index (κ2) is 6.29. The van der Waals surface area contributed by atoms with E-state index in [9.17, 15) is 14.9 Å². The van der Waals surface area contributed by atoms with Gasteiger partial charge in [-0.15, -0.1) is 5.10 Å². The fourth-order valence-corrected chi connectivity index (χ4v) is 3.46. The smallest absolute Gasteiger partial charge is 0.270 e. The molecule has 1 amide bonds. The topological polar surface area (TPSA) is 115 Å². The number of hydrogen-bond donors (Lipinski definition) is 1. The Morgan fingerprint density at radius 2 is 2.30 bits per heavy atom. The van der Waals surface area contributed by atoms with Gasteiger partial charge in [-0.25, -0.2) is 0 Å². The van der Waals surface area contributed by atoms with E-state index in [1.165, 1.54) is 23.7 Å². The molecule has 2 aromatic rings.